The first-order valence-corrected chi connectivity index (χ1v) is 6.80. The van der Waals surface area contributed by atoms with Crippen LogP contribution in [0.2, 0.25) is 0 Å². The van der Waals surface area contributed by atoms with E-state index >= 15 is 0 Å². The van der Waals surface area contributed by atoms with Crippen LogP contribution in [0.1, 0.15) is 30.0 Å². The number of aryl methyl sites for hydroxylation is 1. The van der Waals surface area contributed by atoms with Gasteiger partial charge >= 0.3 is 0 Å². The van der Waals surface area contributed by atoms with Crippen LogP contribution in [0.3, 0.4) is 0 Å². The second-order valence-electron chi connectivity index (χ2n) is 4.96. The maximum absolute atomic E-state index is 8.64. The van der Waals surface area contributed by atoms with Crippen LogP contribution >= 0.6 is 0 Å². The molecule has 0 aliphatic heterocycles. The molecule has 1 aliphatic rings. The fourth-order valence-electron chi connectivity index (χ4n) is 2.35. The Morgan fingerprint density at radius 3 is 2.78 bits per heavy atom. The normalized spacial score (nSPS) is 16.8. The molecule has 1 aromatic carbocycles. The lowest BCUT2D eigenvalue weighted by Gasteiger charge is -2.20. The topological polar surface area (TPSA) is 41.5 Å². The predicted molar refractivity (Wildman–Crippen MR) is 72.6 cm³/mol. The highest BCUT2D eigenvalue weighted by Crippen LogP contribution is 2.41. The van der Waals surface area contributed by atoms with E-state index in [2.05, 4.69) is 36.5 Å². The summed E-state index contributed by atoms with van der Waals surface area (Å²) in [5.74, 6) is 0.781. The number of nitrogens with one attached hydrogen (secondary N) is 1. The summed E-state index contributed by atoms with van der Waals surface area (Å²) >= 11 is 0. The maximum atomic E-state index is 8.64. The molecule has 3 nitrogen and oxygen atoms in total. The highest BCUT2D eigenvalue weighted by atomic mass is 16.5. The Morgan fingerprint density at radius 2 is 2.11 bits per heavy atom. The third kappa shape index (κ3) is 3.80. The van der Waals surface area contributed by atoms with Crippen molar-refractivity contribution in [2.24, 2.45) is 5.92 Å². The summed E-state index contributed by atoms with van der Waals surface area (Å²) in [4.78, 5) is 0. The fraction of sp³-hybridized carbons (Fsp3) is 0.600. The molecule has 0 amide bonds. The Kier molecular flexibility index (Phi) is 5.17. The molecule has 1 aromatic rings. The minimum absolute atomic E-state index is 0.101. The van der Waals surface area contributed by atoms with Crippen LogP contribution in [0.25, 0.3) is 0 Å². The van der Waals surface area contributed by atoms with Gasteiger partial charge in [0.15, 0.2) is 0 Å². The molecule has 100 valence electrons. The van der Waals surface area contributed by atoms with Crippen LogP contribution in [0.4, 0.5) is 0 Å². The molecule has 18 heavy (non-hydrogen) atoms. The van der Waals surface area contributed by atoms with Gasteiger partial charge in [-0.05, 0) is 36.8 Å². The molecule has 1 aliphatic carbocycles. The Balaban J connectivity index is 1.87. The molecule has 0 bridgehead atoms. The molecular weight excluding hydrogens is 226 g/mol. The van der Waals surface area contributed by atoms with Gasteiger partial charge in [-0.15, -0.1) is 0 Å². The molecule has 1 fully saturated rings. The molecule has 3 heteroatoms. The molecule has 2 rings (SSSR count). The van der Waals surface area contributed by atoms with E-state index in [0.29, 0.717) is 19.3 Å². The average Bonchev–Trinajstić information content (AvgIpc) is 3.19. The number of aliphatic hydroxyl groups is 1. The summed E-state index contributed by atoms with van der Waals surface area (Å²) < 4.78 is 5.29. The molecule has 0 heterocycles. The van der Waals surface area contributed by atoms with Crippen LogP contribution < -0.4 is 5.32 Å². The largest absolute Gasteiger partial charge is 0.394 e. The number of rotatable bonds is 8. The zero-order chi connectivity index (χ0) is 12.8. The zero-order valence-electron chi connectivity index (χ0n) is 11.1. The summed E-state index contributed by atoms with van der Waals surface area (Å²) in [6.07, 6.45) is 2.65. The van der Waals surface area contributed by atoms with Gasteiger partial charge in [-0.2, -0.15) is 0 Å². The molecular formula is C15H23NO2. The van der Waals surface area contributed by atoms with Crippen LogP contribution in [-0.2, 0) is 4.74 Å². The third-order valence-corrected chi connectivity index (χ3v) is 3.46. The molecule has 0 saturated heterocycles. The monoisotopic (exact) mass is 249 g/mol. The molecule has 1 atom stereocenters. The smallest absolute Gasteiger partial charge is 0.0698 e. The summed E-state index contributed by atoms with van der Waals surface area (Å²) in [6, 6.07) is 9.06. The lowest BCUT2D eigenvalue weighted by atomic mass is 9.98. The van der Waals surface area contributed by atoms with Crippen molar-refractivity contribution in [3.8, 4) is 0 Å². The minimum Gasteiger partial charge on any atom is -0.394 e. The molecule has 0 spiro atoms. The van der Waals surface area contributed by atoms with Crippen molar-refractivity contribution in [3.63, 3.8) is 0 Å². The van der Waals surface area contributed by atoms with Gasteiger partial charge in [0.1, 0.15) is 0 Å². The van der Waals surface area contributed by atoms with Crippen LogP contribution in [-0.4, -0.2) is 31.5 Å². The predicted octanol–water partition coefficient (Wildman–Crippen LogP) is 2.04. The molecule has 1 unspecified atom stereocenters. The van der Waals surface area contributed by atoms with Gasteiger partial charge in [-0.25, -0.2) is 0 Å². The van der Waals surface area contributed by atoms with Crippen molar-refractivity contribution in [2.45, 2.75) is 25.8 Å². The van der Waals surface area contributed by atoms with Gasteiger partial charge in [0.25, 0.3) is 0 Å². The van der Waals surface area contributed by atoms with Crippen molar-refractivity contribution in [3.05, 3.63) is 35.4 Å². The van der Waals surface area contributed by atoms with Gasteiger partial charge in [-0.1, -0.05) is 24.3 Å². The van der Waals surface area contributed by atoms with E-state index < -0.39 is 0 Å². The molecule has 2 N–H and O–H groups in total. The first-order valence-electron chi connectivity index (χ1n) is 6.80. The van der Waals surface area contributed by atoms with Crippen LogP contribution in [0.15, 0.2) is 24.3 Å². The number of aliphatic hydroxyl groups excluding tert-OH is 1. The van der Waals surface area contributed by atoms with E-state index in [1.807, 2.05) is 0 Å². The third-order valence-electron chi connectivity index (χ3n) is 3.46. The Labute approximate surface area is 109 Å². The second kappa shape index (κ2) is 6.88. The highest BCUT2D eigenvalue weighted by molar-refractivity contribution is 5.30. The number of hydrogen-bond donors (Lipinski definition) is 2. The lowest BCUT2D eigenvalue weighted by Crippen LogP contribution is -2.27. The van der Waals surface area contributed by atoms with E-state index in [1.165, 1.54) is 24.0 Å². The van der Waals surface area contributed by atoms with Gasteiger partial charge < -0.3 is 15.2 Å². The SMILES string of the molecule is Cc1ccccc1C(NCCOCCO)C1CC1. The fourth-order valence-corrected chi connectivity index (χ4v) is 2.35. The number of hydrogen-bond acceptors (Lipinski definition) is 3. The van der Waals surface area contributed by atoms with E-state index in [9.17, 15) is 0 Å². The lowest BCUT2D eigenvalue weighted by molar-refractivity contribution is 0.0921. The number of benzene rings is 1. The van der Waals surface area contributed by atoms with Crippen LogP contribution in [0.5, 0.6) is 0 Å². The summed E-state index contributed by atoms with van der Waals surface area (Å²) in [5, 5.41) is 12.2. The van der Waals surface area contributed by atoms with E-state index in [-0.39, 0.29) is 6.61 Å². The van der Waals surface area contributed by atoms with Crippen molar-refractivity contribution in [1.82, 2.24) is 5.32 Å². The molecule has 0 aromatic heterocycles. The Hall–Kier alpha value is -0.900. The van der Waals surface area contributed by atoms with Gasteiger partial charge in [0, 0.05) is 12.6 Å². The van der Waals surface area contributed by atoms with Crippen molar-refractivity contribution in [2.75, 3.05) is 26.4 Å². The quantitative estimate of drug-likeness (QED) is 0.693. The second-order valence-corrected chi connectivity index (χ2v) is 4.96. The maximum Gasteiger partial charge on any atom is 0.0698 e. The Morgan fingerprint density at radius 1 is 1.33 bits per heavy atom. The first kappa shape index (κ1) is 13.5. The zero-order valence-corrected chi connectivity index (χ0v) is 11.1. The van der Waals surface area contributed by atoms with Gasteiger partial charge in [-0.3, -0.25) is 0 Å². The minimum atomic E-state index is 0.101. The van der Waals surface area contributed by atoms with Crippen molar-refractivity contribution >= 4 is 0 Å². The van der Waals surface area contributed by atoms with E-state index in [4.69, 9.17) is 9.84 Å². The van der Waals surface area contributed by atoms with Crippen LogP contribution in [0, 0.1) is 12.8 Å². The highest BCUT2D eigenvalue weighted by Gasteiger charge is 2.32. The number of ether oxygens (including phenoxy) is 1. The Bertz CT molecular complexity index is 363. The molecule has 1 saturated carbocycles. The van der Waals surface area contributed by atoms with Gasteiger partial charge in [0.05, 0.1) is 19.8 Å². The standard InChI is InChI=1S/C15H23NO2/c1-12-4-2-3-5-14(12)15(13-6-7-13)16-8-10-18-11-9-17/h2-5,13,15-17H,6-11H2,1H3. The summed E-state index contributed by atoms with van der Waals surface area (Å²) in [5.41, 5.74) is 2.78. The summed E-state index contributed by atoms with van der Waals surface area (Å²) in [7, 11) is 0. The first-order chi connectivity index (χ1) is 8.83. The summed E-state index contributed by atoms with van der Waals surface area (Å²) in [6.45, 7) is 4.21. The van der Waals surface area contributed by atoms with E-state index in [1.54, 1.807) is 0 Å². The van der Waals surface area contributed by atoms with Gasteiger partial charge in [0.2, 0.25) is 0 Å². The van der Waals surface area contributed by atoms with Crippen molar-refractivity contribution < 1.29 is 9.84 Å². The average molecular weight is 249 g/mol. The molecule has 0 radical (unpaired) electrons. The van der Waals surface area contributed by atoms with E-state index in [0.717, 1.165) is 12.5 Å². The van der Waals surface area contributed by atoms with Crippen molar-refractivity contribution in [1.29, 1.82) is 0 Å².